The number of hydrogen-bond donors (Lipinski definition) is 2. The topological polar surface area (TPSA) is 83.1 Å². The molecule has 2 fully saturated rings. The number of carbonyl (C=O) groups excluding carboxylic acids is 1. The van der Waals surface area contributed by atoms with Gasteiger partial charge in [0.25, 0.3) is 0 Å². The zero-order chi connectivity index (χ0) is 22.2. The minimum absolute atomic E-state index is 0.00131. The summed E-state index contributed by atoms with van der Waals surface area (Å²) in [4.78, 5) is 19.5. The van der Waals surface area contributed by atoms with Gasteiger partial charge in [-0.1, -0.05) is 49.2 Å². The summed E-state index contributed by atoms with van der Waals surface area (Å²) in [7, 11) is 0. The molecular formula is C23H30FN5O2S. The molecule has 1 aromatic carbocycles. The van der Waals surface area contributed by atoms with Crippen LogP contribution in [0.4, 0.5) is 4.39 Å². The Bertz CT molecular complexity index is 905. The maximum Gasteiger partial charge on any atom is 0.230 e. The van der Waals surface area contributed by atoms with Crippen LogP contribution in [0.3, 0.4) is 0 Å². The highest BCUT2D eigenvalue weighted by atomic mass is 32.2. The van der Waals surface area contributed by atoms with Gasteiger partial charge in [-0.3, -0.25) is 14.8 Å². The van der Waals surface area contributed by atoms with E-state index in [4.69, 9.17) is 4.74 Å². The number of thioether (sulfide) groups is 1. The van der Waals surface area contributed by atoms with Crippen LogP contribution in [0, 0.1) is 5.82 Å². The molecule has 172 valence electrons. The Balaban J connectivity index is 1.26. The van der Waals surface area contributed by atoms with Crippen LogP contribution in [-0.4, -0.2) is 70.1 Å². The van der Waals surface area contributed by atoms with Crippen molar-refractivity contribution in [1.29, 1.82) is 0 Å². The molecule has 2 N–H and O–H groups in total. The lowest BCUT2D eigenvalue weighted by molar-refractivity contribution is -0.119. The predicted molar refractivity (Wildman–Crippen MR) is 124 cm³/mol. The van der Waals surface area contributed by atoms with Crippen LogP contribution in [0.5, 0.6) is 0 Å². The third kappa shape index (κ3) is 6.17. The highest BCUT2D eigenvalue weighted by Crippen LogP contribution is 2.34. The number of amides is 1. The molecule has 4 rings (SSSR count). The van der Waals surface area contributed by atoms with Crippen LogP contribution in [0.2, 0.25) is 0 Å². The predicted octanol–water partition coefficient (Wildman–Crippen LogP) is 3.36. The zero-order valence-corrected chi connectivity index (χ0v) is 19.0. The lowest BCUT2D eigenvalue weighted by Crippen LogP contribution is -2.59. The number of ether oxygens (including phenoxy) is 1. The van der Waals surface area contributed by atoms with Crippen LogP contribution in [0.1, 0.15) is 43.5 Å². The summed E-state index contributed by atoms with van der Waals surface area (Å²) in [5.74, 6) is 0.600. The molecule has 1 aliphatic carbocycles. The van der Waals surface area contributed by atoms with E-state index >= 15 is 0 Å². The van der Waals surface area contributed by atoms with Gasteiger partial charge in [0.1, 0.15) is 11.6 Å². The standard InChI is InChI=1S/C23H30FN5O2S/c24-19-7-4-18(5-8-19)6-9-20-26-22(28-27-20)32-16-21(30)25-17-23(10-2-1-3-11-23)29-12-14-31-15-13-29/h4-9H,1-3,10-17H2,(H,25,30)(H,26,27,28). The van der Waals surface area contributed by atoms with Crippen molar-refractivity contribution in [3.05, 3.63) is 41.5 Å². The van der Waals surface area contributed by atoms with E-state index < -0.39 is 0 Å². The highest BCUT2D eigenvalue weighted by molar-refractivity contribution is 7.99. The molecule has 1 amide bonds. The molecule has 2 aliphatic rings. The van der Waals surface area contributed by atoms with E-state index in [9.17, 15) is 9.18 Å². The minimum atomic E-state index is -0.266. The molecule has 0 atom stereocenters. The van der Waals surface area contributed by atoms with Gasteiger partial charge in [-0.25, -0.2) is 9.37 Å². The maximum absolute atomic E-state index is 13.0. The molecule has 2 heterocycles. The average Bonchev–Trinajstić information content (AvgIpc) is 3.30. The maximum atomic E-state index is 13.0. The summed E-state index contributed by atoms with van der Waals surface area (Å²) in [6.45, 7) is 4.11. The van der Waals surface area contributed by atoms with Crippen molar-refractivity contribution in [2.24, 2.45) is 0 Å². The van der Waals surface area contributed by atoms with Gasteiger partial charge in [0.15, 0.2) is 0 Å². The number of nitrogens with zero attached hydrogens (tertiary/aromatic N) is 3. The summed E-state index contributed by atoms with van der Waals surface area (Å²) in [5.41, 5.74) is 0.930. The Morgan fingerprint density at radius 2 is 1.94 bits per heavy atom. The first-order valence-electron chi connectivity index (χ1n) is 11.2. The van der Waals surface area contributed by atoms with E-state index in [2.05, 4.69) is 25.4 Å². The summed E-state index contributed by atoms with van der Waals surface area (Å²) < 4.78 is 18.5. The third-order valence-corrected chi connectivity index (χ3v) is 7.05. The van der Waals surface area contributed by atoms with Gasteiger partial charge in [0, 0.05) is 25.2 Å². The van der Waals surface area contributed by atoms with Gasteiger partial charge in [-0.15, -0.1) is 5.10 Å². The van der Waals surface area contributed by atoms with Crippen LogP contribution in [0.15, 0.2) is 29.4 Å². The van der Waals surface area contributed by atoms with Crippen molar-refractivity contribution >= 4 is 29.8 Å². The first-order chi connectivity index (χ1) is 15.6. The van der Waals surface area contributed by atoms with E-state index in [-0.39, 0.29) is 23.0 Å². The molecule has 32 heavy (non-hydrogen) atoms. The molecule has 9 heteroatoms. The van der Waals surface area contributed by atoms with Crippen molar-refractivity contribution in [3.8, 4) is 0 Å². The fraction of sp³-hybridized carbons (Fsp3) is 0.522. The van der Waals surface area contributed by atoms with Crippen molar-refractivity contribution in [1.82, 2.24) is 25.4 Å². The monoisotopic (exact) mass is 459 g/mol. The summed E-state index contributed by atoms with van der Waals surface area (Å²) in [6, 6.07) is 6.21. The Kier molecular flexibility index (Phi) is 7.94. The second-order valence-corrected chi connectivity index (χ2v) is 9.28. The number of carbonyl (C=O) groups is 1. The Morgan fingerprint density at radius 3 is 2.69 bits per heavy atom. The van der Waals surface area contributed by atoms with Crippen LogP contribution >= 0.6 is 11.8 Å². The molecular weight excluding hydrogens is 429 g/mol. The smallest absolute Gasteiger partial charge is 0.230 e. The third-order valence-electron chi connectivity index (χ3n) is 6.20. The average molecular weight is 460 g/mol. The zero-order valence-electron chi connectivity index (χ0n) is 18.2. The fourth-order valence-corrected chi connectivity index (χ4v) is 5.08. The number of halogens is 1. The fourth-order valence-electron chi connectivity index (χ4n) is 4.44. The molecule has 0 spiro atoms. The molecule has 7 nitrogen and oxygen atoms in total. The molecule has 2 aromatic rings. The Morgan fingerprint density at radius 1 is 1.19 bits per heavy atom. The first kappa shape index (κ1) is 22.9. The quantitative estimate of drug-likeness (QED) is 0.589. The van der Waals surface area contributed by atoms with Crippen molar-refractivity contribution in [2.45, 2.75) is 42.8 Å². The first-order valence-corrected chi connectivity index (χ1v) is 12.2. The van der Waals surface area contributed by atoms with E-state index in [0.717, 1.165) is 44.7 Å². The molecule has 0 radical (unpaired) electrons. The molecule has 0 unspecified atom stereocenters. The molecule has 1 saturated carbocycles. The van der Waals surface area contributed by atoms with Crippen molar-refractivity contribution < 1.29 is 13.9 Å². The van der Waals surface area contributed by atoms with E-state index in [1.165, 1.54) is 43.2 Å². The number of rotatable bonds is 8. The number of H-pyrrole nitrogens is 1. The van der Waals surface area contributed by atoms with Gasteiger partial charge >= 0.3 is 0 Å². The number of hydrogen-bond acceptors (Lipinski definition) is 6. The number of aromatic amines is 1. The molecule has 1 saturated heterocycles. The Labute approximate surface area is 192 Å². The van der Waals surface area contributed by atoms with Gasteiger partial charge in [-0.05, 0) is 36.6 Å². The number of aromatic nitrogens is 3. The summed E-state index contributed by atoms with van der Waals surface area (Å²) >= 11 is 1.31. The molecule has 1 aliphatic heterocycles. The van der Waals surface area contributed by atoms with Crippen LogP contribution in [-0.2, 0) is 9.53 Å². The molecule has 0 bridgehead atoms. The van der Waals surface area contributed by atoms with Gasteiger partial charge in [0.2, 0.25) is 11.1 Å². The number of morpholine rings is 1. The molecule has 1 aromatic heterocycles. The minimum Gasteiger partial charge on any atom is -0.379 e. The van der Waals surface area contributed by atoms with Gasteiger partial charge < -0.3 is 10.1 Å². The second kappa shape index (κ2) is 11.1. The SMILES string of the molecule is O=C(CSc1n[nH]c(C=Cc2ccc(F)cc2)n1)NCC1(N2CCOCC2)CCCCC1. The number of benzene rings is 1. The largest absolute Gasteiger partial charge is 0.379 e. The van der Waals surface area contributed by atoms with Crippen LogP contribution in [0.25, 0.3) is 12.2 Å². The van der Waals surface area contributed by atoms with E-state index in [0.29, 0.717) is 17.5 Å². The Hall–Kier alpha value is -2.23. The number of nitrogens with one attached hydrogen (secondary N) is 2. The van der Waals surface area contributed by atoms with Crippen molar-refractivity contribution in [3.63, 3.8) is 0 Å². The van der Waals surface area contributed by atoms with Gasteiger partial charge in [-0.2, -0.15) is 0 Å². The lowest BCUT2D eigenvalue weighted by atomic mass is 9.79. The van der Waals surface area contributed by atoms with Crippen LogP contribution < -0.4 is 5.32 Å². The van der Waals surface area contributed by atoms with Gasteiger partial charge in [0.05, 0.1) is 19.0 Å². The highest BCUT2D eigenvalue weighted by Gasteiger charge is 2.38. The summed E-state index contributed by atoms with van der Waals surface area (Å²) in [5, 5.41) is 10.7. The second-order valence-electron chi connectivity index (χ2n) is 8.34. The van der Waals surface area contributed by atoms with E-state index in [1.54, 1.807) is 18.2 Å². The normalized spacial score (nSPS) is 19.3. The summed E-state index contributed by atoms with van der Waals surface area (Å²) in [6.07, 6.45) is 9.57. The van der Waals surface area contributed by atoms with E-state index in [1.807, 2.05) is 6.08 Å². The van der Waals surface area contributed by atoms with Crippen molar-refractivity contribution in [2.75, 3.05) is 38.6 Å². The lowest BCUT2D eigenvalue weighted by Gasteiger charge is -2.48.